The zero-order valence-corrected chi connectivity index (χ0v) is 15.2. The van der Waals surface area contributed by atoms with E-state index in [0.29, 0.717) is 12.5 Å². The Kier molecular flexibility index (Phi) is 5.79. The molecule has 0 saturated heterocycles. The monoisotopic (exact) mass is 354 g/mol. The first-order valence-corrected chi connectivity index (χ1v) is 9.05. The molecule has 3 aromatic heterocycles. The van der Waals surface area contributed by atoms with Crippen molar-refractivity contribution in [2.75, 3.05) is 13.6 Å². The van der Waals surface area contributed by atoms with Crippen LogP contribution in [0.25, 0.3) is 5.82 Å². The van der Waals surface area contributed by atoms with E-state index in [1.165, 1.54) is 4.88 Å². The molecule has 3 rings (SSSR count). The zero-order valence-electron chi connectivity index (χ0n) is 14.4. The standard InChI is InChI=1S/C18H22N6S/c1-14(16-4-3-9-25-16)11-22-18(19-2)23-12-15-5-6-21-17(10-15)24-8-7-20-13-24/h3-10,13-14H,11-12H2,1-2H3,(H2,19,22,23). The molecule has 0 aliphatic carbocycles. The molecule has 1 atom stereocenters. The van der Waals surface area contributed by atoms with Crippen LogP contribution < -0.4 is 10.6 Å². The maximum absolute atomic E-state index is 4.37. The van der Waals surface area contributed by atoms with Crippen LogP contribution in [0.15, 0.2) is 59.6 Å². The number of thiophene rings is 1. The molecule has 1 unspecified atom stereocenters. The van der Waals surface area contributed by atoms with Crippen molar-refractivity contribution >= 4 is 17.3 Å². The maximum Gasteiger partial charge on any atom is 0.191 e. The average molecular weight is 354 g/mol. The Morgan fingerprint density at radius 2 is 2.24 bits per heavy atom. The molecule has 0 aromatic carbocycles. The van der Waals surface area contributed by atoms with Crippen LogP contribution in [-0.4, -0.2) is 34.1 Å². The molecule has 0 radical (unpaired) electrons. The lowest BCUT2D eigenvalue weighted by Gasteiger charge is -2.15. The summed E-state index contributed by atoms with van der Waals surface area (Å²) in [5, 5.41) is 8.84. The summed E-state index contributed by atoms with van der Waals surface area (Å²) >= 11 is 1.79. The Balaban J connectivity index is 1.54. The lowest BCUT2D eigenvalue weighted by molar-refractivity contribution is 0.708. The van der Waals surface area contributed by atoms with Crippen LogP contribution in [0.4, 0.5) is 0 Å². The molecule has 0 fully saturated rings. The number of pyridine rings is 1. The third kappa shape index (κ3) is 4.67. The first-order chi connectivity index (χ1) is 12.3. The molecule has 0 bridgehead atoms. The van der Waals surface area contributed by atoms with E-state index < -0.39 is 0 Å². The number of aliphatic imine (C=N–C) groups is 1. The molecule has 0 aliphatic rings. The van der Waals surface area contributed by atoms with Gasteiger partial charge in [-0.15, -0.1) is 11.3 Å². The Morgan fingerprint density at radius 3 is 2.96 bits per heavy atom. The van der Waals surface area contributed by atoms with Gasteiger partial charge in [0.15, 0.2) is 5.96 Å². The molecule has 3 heterocycles. The predicted molar refractivity (Wildman–Crippen MR) is 102 cm³/mol. The smallest absolute Gasteiger partial charge is 0.191 e. The van der Waals surface area contributed by atoms with Crippen LogP contribution in [0.2, 0.25) is 0 Å². The number of hydrogen-bond acceptors (Lipinski definition) is 4. The molecule has 7 heteroatoms. The lowest BCUT2D eigenvalue weighted by Crippen LogP contribution is -2.38. The van der Waals surface area contributed by atoms with Gasteiger partial charge in [-0.1, -0.05) is 13.0 Å². The first kappa shape index (κ1) is 17.2. The highest BCUT2D eigenvalue weighted by atomic mass is 32.1. The second-order valence-electron chi connectivity index (χ2n) is 5.72. The first-order valence-electron chi connectivity index (χ1n) is 8.17. The van der Waals surface area contributed by atoms with Crippen molar-refractivity contribution in [3.8, 4) is 5.82 Å². The molecule has 0 aliphatic heterocycles. The number of aromatic nitrogens is 3. The number of imidazole rings is 1. The van der Waals surface area contributed by atoms with Gasteiger partial charge >= 0.3 is 0 Å². The molecule has 6 nitrogen and oxygen atoms in total. The van der Waals surface area contributed by atoms with Crippen LogP contribution >= 0.6 is 11.3 Å². The van der Waals surface area contributed by atoms with Gasteiger partial charge in [0.1, 0.15) is 12.1 Å². The van der Waals surface area contributed by atoms with E-state index in [4.69, 9.17) is 0 Å². The highest BCUT2D eigenvalue weighted by Gasteiger charge is 2.07. The molecule has 0 amide bonds. The highest BCUT2D eigenvalue weighted by Crippen LogP contribution is 2.19. The van der Waals surface area contributed by atoms with E-state index in [1.54, 1.807) is 37.1 Å². The molecule has 3 aromatic rings. The molecule has 2 N–H and O–H groups in total. The molecule has 130 valence electrons. The van der Waals surface area contributed by atoms with E-state index in [2.05, 4.69) is 50.0 Å². The van der Waals surface area contributed by atoms with Crippen LogP contribution in [0.1, 0.15) is 23.3 Å². The third-order valence-electron chi connectivity index (χ3n) is 3.87. The summed E-state index contributed by atoms with van der Waals surface area (Å²) in [4.78, 5) is 14.1. The minimum Gasteiger partial charge on any atom is -0.356 e. The summed E-state index contributed by atoms with van der Waals surface area (Å²) in [5.74, 6) is 2.10. The Hall–Kier alpha value is -2.67. The summed E-state index contributed by atoms with van der Waals surface area (Å²) in [6, 6.07) is 8.29. The molecule has 25 heavy (non-hydrogen) atoms. The summed E-state index contributed by atoms with van der Waals surface area (Å²) in [7, 11) is 1.79. The van der Waals surface area contributed by atoms with Crippen LogP contribution in [0.3, 0.4) is 0 Å². The Morgan fingerprint density at radius 1 is 1.32 bits per heavy atom. The van der Waals surface area contributed by atoms with Crippen molar-refractivity contribution in [1.29, 1.82) is 0 Å². The fraction of sp³-hybridized carbons (Fsp3) is 0.278. The number of nitrogens with zero attached hydrogens (tertiary/aromatic N) is 4. The van der Waals surface area contributed by atoms with Gasteiger partial charge in [-0.2, -0.15) is 0 Å². The summed E-state index contributed by atoms with van der Waals surface area (Å²) in [6.07, 6.45) is 7.17. The average Bonchev–Trinajstić information content (AvgIpc) is 3.35. The minimum atomic E-state index is 0.451. The summed E-state index contributed by atoms with van der Waals surface area (Å²) in [5.41, 5.74) is 1.13. The fourth-order valence-electron chi connectivity index (χ4n) is 2.43. The van der Waals surface area contributed by atoms with E-state index >= 15 is 0 Å². The van der Waals surface area contributed by atoms with Gasteiger partial charge in [0.2, 0.25) is 0 Å². The predicted octanol–water partition coefficient (Wildman–Crippen LogP) is 2.80. The van der Waals surface area contributed by atoms with E-state index in [1.807, 2.05) is 22.9 Å². The van der Waals surface area contributed by atoms with Crippen molar-refractivity contribution in [3.63, 3.8) is 0 Å². The molecular weight excluding hydrogens is 332 g/mol. The molecule has 0 saturated carbocycles. The van der Waals surface area contributed by atoms with E-state index in [-0.39, 0.29) is 0 Å². The van der Waals surface area contributed by atoms with Crippen molar-refractivity contribution in [3.05, 3.63) is 65.0 Å². The SMILES string of the molecule is CN=C(NCc1ccnc(-n2ccnc2)c1)NCC(C)c1cccs1. The minimum absolute atomic E-state index is 0.451. The molecule has 0 spiro atoms. The van der Waals surface area contributed by atoms with Crippen LogP contribution in [0.5, 0.6) is 0 Å². The number of rotatable bonds is 6. The number of nitrogens with one attached hydrogen (secondary N) is 2. The largest absolute Gasteiger partial charge is 0.356 e. The highest BCUT2D eigenvalue weighted by molar-refractivity contribution is 7.10. The number of hydrogen-bond donors (Lipinski definition) is 2. The number of guanidine groups is 1. The van der Waals surface area contributed by atoms with Crippen molar-refractivity contribution < 1.29 is 0 Å². The summed E-state index contributed by atoms with van der Waals surface area (Å²) in [6.45, 7) is 3.74. The fourth-order valence-corrected chi connectivity index (χ4v) is 3.22. The quantitative estimate of drug-likeness (QED) is 0.528. The van der Waals surface area contributed by atoms with Crippen molar-refractivity contribution in [1.82, 2.24) is 25.2 Å². The second-order valence-corrected chi connectivity index (χ2v) is 6.69. The van der Waals surface area contributed by atoms with Gasteiger partial charge in [0, 0.05) is 49.5 Å². The zero-order chi connectivity index (χ0) is 17.5. The third-order valence-corrected chi connectivity index (χ3v) is 4.97. The van der Waals surface area contributed by atoms with E-state index in [0.717, 1.165) is 23.9 Å². The Labute approximate surface area is 151 Å². The normalized spacial score (nSPS) is 12.8. The van der Waals surface area contributed by atoms with Crippen molar-refractivity contribution in [2.45, 2.75) is 19.4 Å². The van der Waals surface area contributed by atoms with Gasteiger partial charge in [-0.05, 0) is 29.1 Å². The lowest BCUT2D eigenvalue weighted by atomic mass is 10.1. The van der Waals surface area contributed by atoms with Crippen LogP contribution in [-0.2, 0) is 6.54 Å². The molecular formula is C18H22N6S. The van der Waals surface area contributed by atoms with Gasteiger partial charge < -0.3 is 10.6 Å². The summed E-state index contributed by atoms with van der Waals surface area (Å²) < 4.78 is 1.89. The Bertz CT molecular complexity index is 795. The van der Waals surface area contributed by atoms with Gasteiger partial charge in [0.05, 0.1) is 0 Å². The van der Waals surface area contributed by atoms with Gasteiger partial charge in [-0.25, -0.2) is 9.97 Å². The van der Waals surface area contributed by atoms with Crippen LogP contribution in [0, 0.1) is 0 Å². The van der Waals surface area contributed by atoms with E-state index in [9.17, 15) is 0 Å². The second kappa shape index (κ2) is 8.43. The maximum atomic E-state index is 4.37. The van der Waals surface area contributed by atoms with Gasteiger partial charge in [0.25, 0.3) is 0 Å². The van der Waals surface area contributed by atoms with Gasteiger partial charge in [-0.3, -0.25) is 9.56 Å². The van der Waals surface area contributed by atoms with Crippen molar-refractivity contribution in [2.24, 2.45) is 4.99 Å². The topological polar surface area (TPSA) is 67.1 Å².